The van der Waals surface area contributed by atoms with Crippen LogP contribution in [0.3, 0.4) is 0 Å². The lowest BCUT2D eigenvalue weighted by molar-refractivity contribution is 0.0600. The van der Waals surface area contributed by atoms with Gasteiger partial charge < -0.3 is 10.1 Å². The molecule has 188 valence electrons. The Labute approximate surface area is 211 Å². The van der Waals surface area contributed by atoms with Crippen molar-refractivity contribution in [2.75, 3.05) is 32.1 Å². The number of ether oxygens (including phenoxy) is 1. The second kappa shape index (κ2) is 11.6. The molecule has 1 N–H and O–H groups in total. The van der Waals surface area contributed by atoms with Gasteiger partial charge in [-0.25, -0.2) is 13.2 Å². The number of fused-ring (bicyclic) bond motifs is 1. The number of benzene rings is 1. The highest BCUT2D eigenvalue weighted by Crippen LogP contribution is 2.38. The molecule has 2 aromatic rings. The molecule has 1 aliphatic rings. The summed E-state index contributed by atoms with van der Waals surface area (Å²) in [5.74, 6) is -0.882. The van der Waals surface area contributed by atoms with Gasteiger partial charge in [-0.15, -0.1) is 23.7 Å². The van der Waals surface area contributed by atoms with Gasteiger partial charge in [-0.3, -0.25) is 9.69 Å². The van der Waals surface area contributed by atoms with Crippen molar-refractivity contribution in [3.05, 3.63) is 45.8 Å². The highest BCUT2D eigenvalue weighted by molar-refractivity contribution is 7.89. The quantitative estimate of drug-likeness (QED) is 0.519. The summed E-state index contributed by atoms with van der Waals surface area (Å²) in [5.41, 5.74) is 1.65. The fourth-order valence-corrected chi connectivity index (χ4v) is 6.65. The Morgan fingerprint density at radius 2 is 1.79 bits per heavy atom. The summed E-state index contributed by atoms with van der Waals surface area (Å²) in [6, 6.07) is 6.22. The van der Waals surface area contributed by atoms with Gasteiger partial charge in [0.15, 0.2) is 0 Å². The number of nitrogens with one attached hydrogen (secondary N) is 1. The molecule has 1 aromatic heterocycles. The summed E-state index contributed by atoms with van der Waals surface area (Å²) in [6.45, 7) is 10.1. The molecule has 0 bridgehead atoms. The van der Waals surface area contributed by atoms with E-state index in [1.54, 1.807) is 13.8 Å². The number of halogens is 1. The van der Waals surface area contributed by atoms with Gasteiger partial charge >= 0.3 is 5.97 Å². The normalized spacial score (nSPS) is 14.0. The predicted octanol–water partition coefficient (Wildman–Crippen LogP) is 4.01. The number of carbonyl (C=O) groups is 2. The van der Waals surface area contributed by atoms with Crippen LogP contribution in [0.1, 0.15) is 58.9 Å². The summed E-state index contributed by atoms with van der Waals surface area (Å²) in [5, 5.41) is 3.31. The van der Waals surface area contributed by atoms with Gasteiger partial charge in [0.25, 0.3) is 5.91 Å². The Morgan fingerprint density at radius 1 is 1.18 bits per heavy atom. The number of sulfonamides is 1. The molecule has 0 fully saturated rings. The Balaban J connectivity index is 0.00000408. The molecular formula is C23H32ClN3O5S2. The number of anilines is 1. The first-order valence-electron chi connectivity index (χ1n) is 11.0. The second-order valence-corrected chi connectivity index (χ2v) is 11.1. The first kappa shape index (κ1) is 28.3. The van der Waals surface area contributed by atoms with Crippen LogP contribution in [0.2, 0.25) is 0 Å². The number of nitrogens with zero attached hydrogens (tertiary/aromatic N) is 2. The third kappa shape index (κ3) is 5.63. The van der Waals surface area contributed by atoms with Gasteiger partial charge in [0, 0.05) is 42.7 Å². The molecule has 1 amide bonds. The largest absolute Gasteiger partial charge is 0.465 e. The number of esters is 1. The van der Waals surface area contributed by atoms with E-state index in [2.05, 4.69) is 24.1 Å². The number of amides is 1. The average Bonchev–Trinajstić information content (AvgIpc) is 3.16. The molecule has 3 rings (SSSR count). The number of thiophene rings is 1. The van der Waals surface area contributed by atoms with Crippen LogP contribution < -0.4 is 5.32 Å². The molecular weight excluding hydrogens is 498 g/mol. The second-order valence-electron chi connectivity index (χ2n) is 8.08. The van der Waals surface area contributed by atoms with E-state index in [9.17, 15) is 18.0 Å². The lowest BCUT2D eigenvalue weighted by Crippen LogP contribution is -2.35. The van der Waals surface area contributed by atoms with Crippen molar-refractivity contribution in [2.45, 2.75) is 51.6 Å². The van der Waals surface area contributed by atoms with Crippen LogP contribution in [0.15, 0.2) is 29.2 Å². The highest BCUT2D eigenvalue weighted by Gasteiger charge is 2.30. The van der Waals surface area contributed by atoms with E-state index in [4.69, 9.17) is 4.74 Å². The highest BCUT2D eigenvalue weighted by atomic mass is 35.5. The minimum absolute atomic E-state index is 0. The molecule has 1 aromatic carbocycles. The van der Waals surface area contributed by atoms with Crippen molar-refractivity contribution in [2.24, 2.45) is 0 Å². The SMILES string of the molecule is CCN(CC)S(=O)(=O)c1ccc(C(=O)Nc2sc3c(c2C(=O)OC)CCN(C(C)C)C3)cc1.Cl. The van der Waals surface area contributed by atoms with Crippen LogP contribution >= 0.6 is 23.7 Å². The molecule has 0 saturated carbocycles. The minimum Gasteiger partial charge on any atom is -0.465 e. The zero-order chi connectivity index (χ0) is 24.3. The summed E-state index contributed by atoms with van der Waals surface area (Å²) in [7, 11) is -2.27. The van der Waals surface area contributed by atoms with Crippen LogP contribution in [0.25, 0.3) is 0 Å². The van der Waals surface area contributed by atoms with Crippen molar-refractivity contribution in [1.29, 1.82) is 0 Å². The third-order valence-electron chi connectivity index (χ3n) is 5.89. The number of hydrogen-bond donors (Lipinski definition) is 1. The smallest absolute Gasteiger partial charge is 0.341 e. The standard InChI is InChI=1S/C23H31N3O5S2.ClH/c1-6-26(7-2)33(29,30)17-10-8-16(9-11-17)21(27)24-22-20(23(28)31-5)18-12-13-25(15(3)4)14-19(18)32-22;/h8-11,15H,6-7,12-14H2,1-5H3,(H,24,27);1H. The molecule has 0 saturated heterocycles. The summed E-state index contributed by atoms with van der Waals surface area (Å²) < 4.78 is 31.7. The van der Waals surface area contributed by atoms with Crippen LogP contribution in [0, 0.1) is 0 Å². The van der Waals surface area contributed by atoms with E-state index in [0.717, 1.165) is 23.5 Å². The van der Waals surface area contributed by atoms with E-state index < -0.39 is 21.9 Å². The fourth-order valence-electron chi connectivity index (χ4n) is 3.94. The lowest BCUT2D eigenvalue weighted by Gasteiger charge is -2.30. The first-order valence-corrected chi connectivity index (χ1v) is 13.3. The van der Waals surface area contributed by atoms with E-state index in [0.29, 0.717) is 41.7 Å². The van der Waals surface area contributed by atoms with Crippen molar-refractivity contribution >= 4 is 50.6 Å². The Morgan fingerprint density at radius 3 is 2.32 bits per heavy atom. The minimum atomic E-state index is -3.60. The van der Waals surface area contributed by atoms with E-state index in [1.807, 2.05) is 0 Å². The topological polar surface area (TPSA) is 96.0 Å². The van der Waals surface area contributed by atoms with Gasteiger partial charge in [0.1, 0.15) is 5.00 Å². The van der Waals surface area contributed by atoms with E-state index in [-0.39, 0.29) is 17.3 Å². The van der Waals surface area contributed by atoms with Crippen LogP contribution in [0.4, 0.5) is 5.00 Å². The molecule has 0 atom stereocenters. The maximum absolute atomic E-state index is 12.9. The number of hydrogen-bond acceptors (Lipinski definition) is 7. The van der Waals surface area contributed by atoms with Gasteiger partial charge in [-0.1, -0.05) is 13.8 Å². The molecule has 1 aliphatic heterocycles. The van der Waals surface area contributed by atoms with Gasteiger partial charge in [0.2, 0.25) is 10.0 Å². The third-order valence-corrected chi connectivity index (χ3v) is 9.09. The summed E-state index contributed by atoms with van der Waals surface area (Å²) in [6.07, 6.45) is 0.711. The molecule has 11 heteroatoms. The molecule has 2 heterocycles. The van der Waals surface area contributed by atoms with Crippen LogP contribution in [0.5, 0.6) is 0 Å². The summed E-state index contributed by atoms with van der Waals surface area (Å²) >= 11 is 1.39. The Kier molecular flexibility index (Phi) is 9.67. The molecule has 34 heavy (non-hydrogen) atoms. The number of carbonyl (C=O) groups excluding carboxylic acids is 2. The average molecular weight is 530 g/mol. The maximum atomic E-state index is 12.9. The predicted molar refractivity (Wildman–Crippen MR) is 137 cm³/mol. The van der Waals surface area contributed by atoms with Gasteiger partial charge in [0.05, 0.1) is 17.6 Å². The van der Waals surface area contributed by atoms with Gasteiger partial charge in [-0.2, -0.15) is 4.31 Å². The van der Waals surface area contributed by atoms with Crippen molar-refractivity contribution in [3.63, 3.8) is 0 Å². The molecule has 0 radical (unpaired) electrons. The number of rotatable bonds is 8. The van der Waals surface area contributed by atoms with Gasteiger partial charge in [-0.05, 0) is 50.1 Å². The monoisotopic (exact) mass is 529 g/mol. The Hall–Kier alpha value is -1.98. The molecule has 0 spiro atoms. The fraction of sp³-hybridized carbons (Fsp3) is 0.478. The van der Waals surface area contributed by atoms with Crippen molar-refractivity contribution < 1.29 is 22.7 Å². The van der Waals surface area contributed by atoms with Crippen LogP contribution in [-0.2, 0) is 27.7 Å². The molecule has 0 aliphatic carbocycles. The lowest BCUT2D eigenvalue weighted by atomic mass is 10.0. The molecule has 0 unspecified atom stereocenters. The van der Waals surface area contributed by atoms with Crippen LogP contribution in [-0.4, -0.2) is 62.3 Å². The zero-order valence-corrected chi connectivity index (χ0v) is 22.5. The van der Waals surface area contributed by atoms with E-state index in [1.165, 1.54) is 47.0 Å². The zero-order valence-electron chi connectivity index (χ0n) is 20.1. The van der Waals surface area contributed by atoms with Crippen molar-refractivity contribution in [1.82, 2.24) is 9.21 Å². The number of methoxy groups -OCH3 is 1. The summed E-state index contributed by atoms with van der Waals surface area (Å²) in [4.78, 5) is 29.0. The van der Waals surface area contributed by atoms with Crippen molar-refractivity contribution in [3.8, 4) is 0 Å². The molecule has 8 nitrogen and oxygen atoms in total. The Bertz CT molecular complexity index is 1130. The first-order chi connectivity index (χ1) is 15.6. The maximum Gasteiger partial charge on any atom is 0.341 e. The van der Waals surface area contributed by atoms with E-state index >= 15 is 0 Å².